The number of aliphatic hydroxyl groups is 1. The van der Waals surface area contributed by atoms with Gasteiger partial charge in [-0.1, -0.05) is 12.1 Å². The number of aliphatic imine (C=N–C) groups is 1. The Hall–Kier alpha value is -1.65. The normalized spacial score (nSPS) is 18.2. The molecule has 2 heterocycles. The van der Waals surface area contributed by atoms with Crippen molar-refractivity contribution in [2.75, 3.05) is 32.8 Å². The largest absolute Gasteiger partial charge is 0.466 e. The van der Waals surface area contributed by atoms with Gasteiger partial charge in [-0.15, -0.1) is 24.0 Å². The number of halogens is 2. The van der Waals surface area contributed by atoms with Crippen molar-refractivity contribution in [3.63, 3.8) is 0 Å². The number of furan rings is 1. The smallest absolute Gasteiger partial charge is 0.191 e. The molecule has 0 saturated carbocycles. The van der Waals surface area contributed by atoms with E-state index in [1.807, 2.05) is 19.1 Å². The van der Waals surface area contributed by atoms with Crippen molar-refractivity contribution in [3.05, 3.63) is 59.8 Å². The predicted octanol–water partition coefficient (Wildman–Crippen LogP) is 3.55. The summed E-state index contributed by atoms with van der Waals surface area (Å²) in [5.41, 5.74) is -0.265. The lowest BCUT2D eigenvalue weighted by Crippen LogP contribution is -2.48. The number of benzene rings is 1. The van der Waals surface area contributed by atoms with Crippen molar-refractivity contribution in [2.24, 2.45) is 4.99 Å². The van der Waals surface area contributed by atoms with E-state index in [0.29, 0.717) is 38.0 Å². The third-order valence-corrected chi connectivity index (χ3v) is 5.44. The molecule has 1 aromatic heterocycles. The summed E-state index contributed by atoms with van der Waals surface area (Å²) in [6.07, 6.45) is 3.22. The molecule has 166 valence electrons. The van der Waals surface area contributed by atoms with Crippen LogP contribution in [-0.4, -0.2) is 43.9 Å². The Morgan fingerprint density at radius 3 is 2.50 bits per heavy atom. The highest BCUT2D eigenvalue weighted by atomic mass is 127. The summed E-state index contributed by atoms with van der Waals surface area (Å²) in [5.74, 6) is 0.857. The molecule has 1 aliphatic heterocycles. The molecule has 0 amide bonds. The summed E-state index contributed by atoms with van der Waals surface area (Å²) in [4.78, 5) is 4.56. The number of ether oxygens (including phenoxy) is 1. The Bertz CT molecular complexity index is 788. The van der Waals surface area contributed by atoms with Crippen molar-refractivity contribution in [1.29, 1.82) is 0 Å². The number of nitrogens with one attached hydrogen (secondary N) is 2. The van der Waals surface area contributed by atoms with E-state index in [1.165, 1.54) is 18.4 Å². The number of rotatable bonds is 7. The number of guanidine groups is 1. The van der Waals surface area contributed by atoms with Crippen LogP contribution in [0.4, 0.5) is 4.39 Å². The molecule has 1 aromatic carbocycles. The van der Waals surface area contributed by atoms with Gasteiger partial charge in [0.25, 0.3) is 0 Å². The van der Waals surface area contributed by atoms with Gasteiger partial charge in [0.05, 0.1) is 12.8 Å². The molecule has 30 heavy (non-hydrogen) atoms. The lowest BCUT2D eigenvalue weighted by atomic mass is 9.74. The summed E-state index contributed by atoms with van der Waals surface area (Å²) < 4.78 is 24.3. The van der Waals surface area contributed by atoms with Crippen LogP contribution in [0.25, 0.3) is 0 Å². The Morgan fingerprint density at radius 1 is 1.20 bits per heavy atom. The minimum atomic E-state index is -1.20. The zero-order chi connectivity index (χ0) is 20.7. The molecule has 0 aliphatic carbocycles. The van der Waals surface area contributed by atoms with Crippen LogP contribution in [0.5, 0.6) is 0 Å². The van der Waals surface area contributed by atoms with Gasteiger partial charge in [-0.05, 0) is 56.5 Å². The molecule has 1 saturated heterocycles. The molecule has 1 unspecified atom stereocenters. The van der Waals surface area contributed by atoms with Crippen molar-refractivity contribution >= 4 is 29.9 Å². The van der Waals surface area contributed by atoms with Crippen LogP contribution in [0.2, 0.25) is 0 Å². The van der Waals surface area contributed by atoms with Crippen LogP contribution < -0.4 is 10.6 Å². The summed E-state index contributed by atoms with van der Waals surface area (Å²) in [6, 6.07) is 10.2. The fourth-order valence-corrected chi connectivity index (χ4v) is 3.62. The first-order valence-corrected chi connectivity index (χ1v) is 10.1. The van der Waals surface area contributed by atoms with Crippen LogP contribution in [0.15, 0.2) is 52.1 Å². The van der Waals surface area contributed by atoms with Gasteiger partial charge in [0.1, 0.15) is 17.2 Å². The maximum Gasteiger partial charge on any atom is 0.191 e. The van der Waals surface area contributed by atoms with E-state index in [0.717, 1.165) is 18.4 Å². The highest BCUT2D eigenvalue weighted by molar-refractivity contribution is 14.0. The quantitative estimate of drug-likeness (QED) is 0.290. The lowest BCUT2D eigenvalue weighted by Gasteiger charge is -2.38. The predicted molar refractivity (Wildman–Crippen MR) is 126 cm³/mol. The van der Waals surface area contributed by atoms with Gasteiger partial charge < -0.3 is 24.9 Å². The van der Waals surface area contributed by atoms with Gasteiger partial charge in [0.2, 0.25) is 0 Å². The van der Waals surface area contributed by atoms with Crippen LogP contribution in [-0.2, 0) is 15.8 Å². The van der Waals surface area contributed by atoms with Crippen molar-refractivity contribution < 1.29 is 18.7 Å². The zero-order valence-electron chi connectivity index (χ0n) is 17.5. The maximum atomic E-state index is 13.4. The first-order valence-electron chi connectivity index (χ1n) is 10.1. The summed E-state index contributed by atoms with van der Waals surface area (Å²) in [5, 5.41) is 17.3. The fraction of sp³-hybridized carbons (Fsp3) is 0.500. The highest BCUT2D eigenvalue weighted by Crippen LogP contribution is 2.34. The van der Waals surface area contributed by atoms with Gasteiger partial charge in [-0.2, -0.15) is 0 Å². The topological polar surface area (TPSA) is 79.0 Å². The average Bonchev–Trinajstić information content (AvgIpc) is 3.27. The standard InChI is InChI=1S/C22H30FN3O3.HI/c1-3-24-20(25-15-21(2,27)19-5-4-12-29-19)26-16-22(10-13-28-14-11-22)17-6-8-18(23)9-7-17;/h4-9,12,27H,3,10-11,13-16H2,1-2H3,(H2,24,25,26);1H. The van der Waals surface area contributed by atoms with Crippen molar-refractivity contribution in [1.82, 2.24) is 10.6 Å². The third kappa shape index (κ3) is 6.18. The second kappa shape index (κ2) is 11.1. The van der Waals surface area contributed by atoms with Crippen molar-refractivity contribution in [3.8, 4) is 0 Å². The first kappa shape index (κ1) is 24.6. The number of hydrogen-bond donors (Lipinski definition) is 3. The molecule has 1 fully saturated rings. The van der Waals surface area contributed by atoms with Gasteiger partial charge >= 0.3 is 0 Å². The fourth-order valence-electron chi connectivity index (χ4n) is 3.62. The van der Waals surface area contributed by atoms with Crippen LogP contribution in [0.3, 0.4) is 0 Å². The second-order valence-electron chi connectivity index (χ2n) is 7.70. The minimum Gasteiger partial charge on any atom is -0.466 e. The lowest BCUT2D eigenvalue weighted by molar-refractivity contribution is 0.0435. The molecule has 8 heteroatoms. The van der Waals surface area contributed by atoms with E-state index in [1.54, 1.807) is 19.1 Å². The molecule has 3 N–H and O–H groups in total. The van der Waals surface area contributed by atoms with Gasteiger partial charge in [0.15, 0.2) is 5.96 Å². The van der Waals surface area contributed by atoms with Gasteiger partial charge in [-0.3, -0.25) is 0 Å². The van der Waals surface area contributed by atoms with E-state index in [-0.39, 0.29) is 41.8 Å². The molecular formula is C22H31FIN3O3. The molecule has 0 radical (unpaired) electrons. The Balaban J connectivity index is 0.00000320. The summed E-state index contributed by atoms with van der Waals surface area (Å²) >= 11 is 0. The Kier molecular flexibility index (Phi) is 9.11. The Morgan fingerprint density at radius 2 is 1.90 bits per heavy atom. The number of nitrogens with zero attached hydrogens (tertiary/aromatic N) is 1. The van der Waals surface area contributed by atoms with Crippen LogP contribution in [0, 0.1) is 5.82 Å². The summed E-state index contributed by atoms with van der Waals surface area (Å²) in [6.45, 7) is 6.49. The van der Waals surface area contributed by atoms with Crippen molar-refractivity contribution in [2.45, 2.75) is 37.7 Å². The van der Waals surface area contributed by atoms with E-state index in [2.05, 4.69) is 15.6 Å². The Labute approximate surface area is 194 Å². The third-order valence-electron chi connectivity index (χ3n) is 5.44. The molecule has 0 bridgehead atoms. The monoisotopic (exact) mass is 531 g/mol. The van der Waals surface area contributed by atoms with E-state index < -0.39 is 5.60 Å². The van der Waals surface area contributed by atoms with Gasteiger partial charge in [0, 0.05) is 31.7 Å². The second-order valence-corrected chi connectivity index (χ2v) is 7.70. The molecular weight excluding hydrogens is 500 g/mol. The zero-order valence-corrected chi connectivity index (χ0v) is 19.8. The average molecular weight is 531 g/mol. The maximum absolute atomic E-state index is 13.4. The van der Waals surface area contributed by atoms with E-state index in [4.69, 9.17) is 9.15 Å². The molecule has 6 nitrogen and oxygen atoms in total. The van der Waals surface area contributed by atoms with Gasteiger partial charge in [-0.25, -0.2) is 9.38 Å². The molecule has 2 aromatic rings. The van der Waals surface area contributed by atoms with E-state index >= 15 is 0 Å². The molecule has 3 rings (SSSR count). The minimum absolute atomic E-state index is 0. The van der Waals surface area contributed by atoms with Crippen LogP contribution >= 0.6 is 24.0 Å². The first-order chi connectivity index (χ1) is 14.0. The summed E-state index contributed by atoms with van der Waals surface area (Å²) in [7, 11) is 0. The molecule has 0 spiro atoms. The molecule has 1 aliphatic rings. The number of hydrogen-bond acceptors (Lipinski definition) is 4. The van der Waals surface area contributed by atoms with E-state index in [9.17, 15) is 9.50 Å². The van der Waals surface area contributed by atoms with Crippen LogP contribution in [0.1, 0.15) is 38.0 Å². The SMILES string of the molecule is CCNC(=NCC(C)(O)c1ccco1)NCC1(c2ccc(F)cc2)CCOCC1.I. The molecule has 1 atom stereocenters. The highest BCUT2D eigenvalue weighted by Gasteiger charge is 2.35.